The Labute approximate surface area is 176 Å². The minimum absolute atomic E-state index is 0.0453. The smallest absolute Gasteiger partial charge is 0.335 e. The summed E-state index contributed by atoms with van der Waals surface area (Å²) in [6.07, 6.45) is 1.34. The number of hydrogen-bond donors (Lipinski definition) is 1. The van der Waals surface area contributed by atoms with Crippen molar-refractivity contribution < 1.29 is 38.1 Å². The molecule has 10 heteroatoms. The average Bonchev–Trinajstić information content (AvgIpc) is 3.23. The van der Waals surface area contributed by atoms with E-state index in [1.54, 1.807) is 18.2 Å². The van der Waals surface area contributed by atoms with E-state index in [4.69, 9.17) is 23.7 Å². The summed E-state index contributed by atoms with van der Waals surface area (Å²) in [6, 6.07) is 6.89. The quantitative estimate of drug-likeness (QED) is 0.571. The third kappa shape index (κ3) is 3.48. The second-order valence-corrected chi connectivity index (χ2v) is 6.45. The van der Waals surface area contributed by atoms with Gasteiger partial charge in [0, 0.05) is 6.07 Å². The molecule has 1 N–H and O–H groups in total. The predicted octanol–water partition coefficient (Wildman–Crippen LogP) is 2.11. The summed E-state index contributed by atoms with van der Waals surface area (Å²) in [4.78, 5) is 38.8. The van der Waals surface area contributed by atoms with Gasteiger partial charge in [-0.3, -0.25) is 14.9 Å². The van der Waals surface area contributed by atoms with E-state index in [1.165, 1.54) is 39.5 Å². The number of nitrogens with one attached hydrogen (secondary N) is 1. The van der Waals surface area contributed by atoms with E-state index in [0.29, 0.717) is 34.3 Å². The third-order valence-corrected chi connectivity index (χ3v) is 4.71. The lowest BCUT2D eigenvalue weighted by Crippen LogP contribution is -2.54. The van der Waals surface area contributed by atoms with E-state index in [2.05, 4.69) is 5.32 Å². The molecule has 0 atom stereocenters. The molecule has 2 aliphatic heterocycles. The number of ether oxygens (including phenoxy) is 5. The molecule has 0 aliphatic carbocycles. The van der Waals surface area contributed by atoms with Crippen LogP contribution < -0.4 is 33.9 Å². The van der Waals surface area contributed by atoms with Gasteiger partial charge >= 0.3 is 6.03 Å². The van der Waals surface area contributed by atoms with Crippen molar-refractivity contribution in [2.24, 2.45) is 0 Å². The molecule has 31 heavy (non-hydrogen) atoms. The number of benzene rings is 2. The Hall–Kier alpha value is -4.21. The average molecular weight is 426 g/mol. The lowest BCUT2D eigenvalue weighted by atomic mass is 10.1. The second kappa shape index (κ2) is 7.90. The van der Waals surface area contributed by atoms with Crippen molar-refractivity contribution in [3.05, 3.63) is 41.5 Å². The molecule has 4 rings (SSSR count). The van der Waals surface area contributed by atoms with E-state index in [0.717, 1.165) is 4.90 Å². The maximum Gasteiger partial charge on any atom is 0.335 e. The molecule has 0 bridgehead atoms. The number of methoxy groups -OCH3 is 3. The predicted molar refractivity (Wildman–Crippen MR) is 108 cm³/mol. The van der Waals surface area contributed by atoms with Crippen molar-refractivity contribution in [3.8, 4) is 28.7 Å². The number of fused-ring (bicyclic) bond motifs is 1. The monoisotopic (exact) mass is 426 g/mol. The number of anilines is 1. The fraction of sp³-hybridized carbons (Fsp3) is 0.190. The van der Waals surface area contributed by atoms with E-state index < -0.39 is 17.8 Å². The summed E-state index contributed by atoms with van der Waals surface area (Å²) < 4.78 is 26.4. The highest BCUT2D eigenvalue weighted by molar-refractivity contribution is 6.39. The molecule has 160 valence electrons. The molecule has 0 spiro atoms. The Morgan fingerprint density at radius 1 is 0.935 bits per heavy atom. The summed E-state index contributed by atoms with van der Waals surface area (Å²) in [7, 11) is 4.37. The van der Waals surface area contributed by atoms with Crippen LogP contribution in [0.25, 0.3) is 6.08 Å². The Bertz CT molecular complexity index is 1100. The maximum atomic E-state index is 13.1. The zero-order valence-corrected chi connectivity index (χ0v) is 16.9. The normalized spacial score (nSPS) is 16.4. The van der Waals surface area contributed by atoms with Crippen LogP contribution in [0.5, 0.6) is 28.7 Å². The van der Waals surface area contributed by atoms with Crippen molar-refractivity contribution in [1.82, 2.24) is 5.32 Å². The molecular weight excluding hydrogens is 408 g/mol. The first kappa shape index (κ1) is 20.1. The van der Waals surface area contributed by atoms with Crippen LogP contribution in [0.3, 0.4) is 0 Å². The van der Waals surface area contributed by atoms with Gasteiger partial charge in [-0.2, -0.15) is 0 Å². The molecule has 1 fully saturated rings. The molecule has 0 radical (unpaired) electrons. The number of imide groups is 2. The standard InChI is InChI=1S/C21H18N2O8/c1-27-16-7-11(8-17(28-2)18(16)29-3)6-13-19(24)22-21(26)23(20(13)25)12-4-5-14-15(9-12)31-10-30-14/h4-9H,10H2,1-3H3,(H,22,24,26)/b13-6+. The van der Waals surface area contributed by atoms with Crippen molar-refractivity contribution in [2.75, 3.05) is 33.0 Å². The first-order chi connectivity index (χ1) is 15.0. The Morgan fingerprint density at radius 3 is 2.26 bits per heavy atom. The zero-order chi connectivity index (χ0) is 22.1. The van der Waals surface area contributed by atoms with Gasteiger partial charge in [0.25, 0.3) is 11.8 Å². The maximum absolute atomic E-state index is 13.1. The largest absolute Gasteiger partial charge is 0.493 e. The van der Waals surface area contributed by atoms with Crippen molar-refractivity contribution in [2.45, 2.75) is 0 Å². The number of barbiturate groups is 1. The van der Waals surface area contributed by atoms with Crippen molar-refractivity contribution in [1.29, 1.82) is 0 Å². The molecule has 2 aromatic rings. The van der Waals surface area contributed by atoms with Gasteiger partial charge in [0.05, 0.1) is 27.0 Å². The minimum atomic E-state index is -0.865. The fourth-order valence-corrected chi connectivity index (χ4v) is 3.27. The van der Waals surface area contributed by atoms with Crippen LogP contribution in [0.2, 0.25) is 0 Å². The summed E-state index contributed by atoms with van der Waals surface area (Å²) >= 11 is 0. The SMILES string of the molecule is COc1cc(/C=C2\C(=O)NC(=O)N(c3ccc4c(c3)OCO4)C2=O)cc(OC)c1OC. The number of rotatable bonds is 5. The van der Waals surface area contributed by atoms with Crippen LogP contribution in [0.15, 0.2) is 35.9 Å². The Balaban J connectivity index is 1.75. The lowest BCUT2D eigenvalue weighted by molar-refractivity contribution is -0.122. The van der Waals surface area contributed by atoms with Gasteiger partial charge in [-0.25, -0.2) is 9.69 Å². The highest BCUT2D eigenvalue weighted by Crippen LogP contribution is 2.39. The topological polar surface area (TPSA) is 113 Å². The van der Waals surface area contributed by atoms with E-state index in [1.807, 2.05) is 0 Å². The van der Waals surface area contributed by atoms with Crippen LogP contribution in [-0.2, 0) is 9.59 Å². The van der Waals surface area contributed by atoms with E-state index in [9.17, 15) is 14.4 Å². The van der Waals surface area contributed by atoms with Gasteiger partial charge in [0.15, 0.2) is 23.0 Å². The fourth-order valence-electron chi connectivity index (χ4n) is 3.27. The number of carbonyl (C=O) groups is 3. The molecule has 4 amide bonds. The van der Waals surface area contributed by atoms with Crippen LogP contribution in [-0.4, -0.2) is 46.0 Å². The first-order valence-corrected chi connectivity index (χ1v) is 9.08. The van der Waals surface area contributed by atoms with Crippen molar-refractivity contribution >= 4 is 29.6 Å². The number of nitrogens with zero attached hydrogens (tertiary/aromatic N) is 1. The van der Waals surface area contributed by atoms with Gasteiger partial charge in [-0.15, -0.1) is 0 Å². The number of carbonyl (C=O) groups excluding carboxylic acids is 3. The summed E-state index contributed by atoms with van der Waals surface area (Å²) in [5.41, 5.74) is 0.426. The summed E-state index contributed by atoms with van der Waals surface area (Å²) in [5.74, 6) is 0.344. The molecule has 2 aromatic carbocycles. The Morgan fingerprint density at radius 2 is 1.61 bits per heavy atom. The zero-order valence-electron chi connectivity index (χ0n) is 16.9. The number of hydrogen-bond acceptors (Lipinski definition) is 8. The van der Waals surface area contributed by atoms with Crippen LogP contribution in [0.4, 0.5) is 10.5 Å². The molecular formula is C21H18N2O8. The van der Waals surface area contributed by atoms with Crippen LogP contribution >= 0.6 is 0 Å². The van der Waals surface area contributed by atoms with Crippen LogP contribution in [0, 0.1) is 0 Å². The van der Waals surface area contributed by atoms with Crippen molar-refractivity contribution in [3.63, 3.8) is 0 Å². The Kier molecular flexibility index (Phi) is 5.12. The third-order valence-electron chi connectivity index (χ3n) is 4.71. The minimum Gasteiger partial charge on any atom is -0.493 e. The van der Waals surface area contributed by atoms with Crippen LogP contribution in [0.1, 0.15) is 5.56 Å². The first-order valence-electron chi connectivity index (χ1n) is 9.08. The molecule has 0 unspecified atom stereocenters. The van der Waals surface area contributed by atoms with E-state index in [-0.39, 0.29) is 18.1 Å². The highest BCUT2D eigenvalue weighted by atomic mass is 16.7. The molecule has 2 heterocycles. The van der Waals surface area contributed by atoms with Gasteiger partial charge in [-0.1, -0.05) is 0 Å². The number of urea groups is 1. The molecule has 1 saturated heterocycles. The molecule has 0 saturated carbocycles. The summed E-state index contributed by atoms with van der Waals surface area (Å²) in [6.45, 7) is 0.0453. The number of amides is 4. The van der Waals surface area contributed by atoms with E-state index >= 15 is 0 Å². The molecule has 0 aromatic heterocycles. The lowest BCUT2D eigenvalue weighted by Gasteiger charge is -2.26. The van der Waals surface area contributed by atoms with Gasteiger partial charge in [0.1, 0.15) is 5.57 Å². The highest BCUT2D eigenvalue weighted by Gasteiger charge is 2.37. The molecule has 2 aliphatic rings. The van der Waals surface area contributed by atoms with Gasteiger partial charge < -0.3 is 23.7 Å². The second-order valence-electron chi connectivity index (χ2n) is 6.45. The van der Waals surface area contributed by atoms with Gasteiger partial charge in [0.2, 0.25) is 12.5 Å². The van der Waals surface area contributed by atoms with Gasteiger partial charge in [-0.05, 0) is 35.9 Å². The summed E-state index contributed by atoms with van der Waals surface area (Å²) in [5, 5.41) is 2.18. The molecule has 10 nitrogen and oxygen atoms in total.